The Morgan fingerprint density at radius 1 is 0.484 bits per heavy atom. The topological polar surface area (TPSA) is 117 Å². The first-order valence-electron chi connectivity index (χ1n) is 19.6. The number of aromatic nitrogens is 4. The van der Waals surface area contributed by atoms with Crippen LogP contribution in [0.1, 0.15) is 0 Å². The largest absolute Gasteiger partial charge is 0.491 e. The Kier molecular flexibility index (Phi) is 19.4. The molecular weight excluding hydrogens is 1160 g/mol. The number of hydrogen-bond acceptors (Lipinski definition) is 10. The molecule has 0 atom stereocenters. The average molecular weight is 1200 g/mol. The van der Waals surface area contributed by atoms with Gasteiger partial charge in [-0.3, -0.25) is 0 Å². The molecule has 0 radical (unpaired) electrons. The van der Waals surface area contributed by atoms with E-state index >= 15 is 0 Å². The Morgan fingerprint density at radius 3 is 1.20 bits per heavy atom. The molecule has 12 nitrogen and oxygen atoms in total. The van der Waals surface area contributed by atoms with Crippen molar-refractivity contribution < 1.29 is 42.1 Å². The summed E-state index contributed by atoms with van der Waals surface area (Å²) in [5, 5.41) is 8.42. The van der Waals surface area contributed by atoms with Crippen molar-refractivity contribution in [1.29, 1.82) is 0 Å². The van der Waals surface area contributed by atoms with Gasteiger partial charge >= 0.3 is 0 Å². The Bertz CT molecular complexity index is 2400. The van der Waals surface area contributed by atoms with E-state index in [1.54, 1.807) is 25.3 Å². The van der Waals surface area contributed by atoms with Crippen LogP contribution >= 0.6 is 0 Å². The van der Waals surface area contributed by atoms with Crippen molar-refractivity contribution in [2.75, 3.05) is 33.7 Å². The fourth-order valence-corrected chi connectivity index (χ4v) is 5.93. The molecule has 8 aromatic rings. The van der Waals surface area contributed by atoms with E-state index in [1.165, 1.54) is 0 Å². The molecule has 0 N–H and O–H groups in total. The van der Waals surface area contributed by atoms with Crippen LogP contribution in [0.15, 0.2) is 205 Å². The minimum Gasteiger partial charge on any atom is -0.491 e. The Balaban J connectivity index is 0.000000159. The van der Waals surface area contributed by atoms with Crippen LogP contribution in [0.2, 0.25) is 0 Å². The molecule has 64 heavy (non-hydrogen) atoms. The van der Waals surface area contributed by atoms with E-state index < -0.39 is 0 Å². The molecule has 0 spiro atoms. The van der Waals surface area contributed by atoms with Gasteiger partial charge in [0.15, 0.2) is 0 Å². The summed E-state index contributed by atoms with van der Waals surface area (Å²) in [6, 6.07) is 61.1. The van der Waals surface area contributed by atoms with E-state index in [2.05, 4.69) is 52.7 Å². The third kappa shape index (κ3) is 14.0. The van der Waals surface area contributed by atoms with Gasteiger partial charge in [-0.15, -0.1) is 11.4 Å². The Hall–Kier alpha value is -7.00. The molecule has 0 bridgehead atoms. The molecule has 0 aliphatic carbocycles. The predicted octanol–water partition coefficient (Wildman–Crippen LogP) is 12.1. The van der Waals surface area contributed by atoms with Crippen molar-refractivity contribution in [3.63, 3.8) is 0 Å². The van der Waals surface area contributed by atoms with Crippen LogP contribution < -0.4 is 19.6 Å². The van der Waals surface area contributed by atoms with Gasteiger partial charge in [-0.25, -0.2) is 19.9 Å². The van der Waals surface area contributed by atoms with Gasteiger partial charge in [0.2, 0.25) is 0 Å². The molecule has 328 valence electrons. The fourth-order valence-electron chi connectivity index (χ4n) is 5.93. The van der Waals surface area contributed by atoms with Crippen molar-refractivity contribution in [3.05, 3.63) is 231 Å². The molecule has 14 heteroatoms. The van der Waals surface area contributed by atoms with Gasteiger partial charge in [0, 0.05) is 42.1 Å². The monoisotopic (exact) mass is 1200 g/mol. The number of nitrogens with zero attached hydrogens (tertiary/aromatic N) is 12. The molecule has 0 amide bonds. The second kappa shape index (κ2) is 25.8. The third-order valence-corrected chi connectivity index (χ3v) is 8.87. The minimum absolute atomic E-state index is 0. The standard InChI is InChI=1S/2C13H11N2.2C12H10N4.2Pt/c2*1-3-7-12(8-4-1)14-11-15-13-9-5-2-6-10-13;2*1-15-9-16(10-5-3-2-4-6-10)11-7-13-8-14-12(11)15;;/h2*1-11H;2*2-5,7-9H,1H3;;/q2*-1;2*-2;;. The zero-order chi connectivity index (χ0) is 42.6. The molecule has 6 aromatic carbocycles. The first-order chi connectivity index (χ1) is 30.6. The number of aliphatic imine (C=N–C) groups is 2. The maximum atomic E-state index is 4.24. The summed E-state index contributed by atoms with van der Waals surface area (Å²) in [5.74, 6) is 1.82. The van der Waals surface area contributed by atoms with Crippen LogP contribution in [0.3, 0.4) is 0 Å². The Labute approximate surface area is 404 Å². The second-order valence-corrected chi connectivity index (χ2v) is 13.2. The average Bonchev–Trinajstić information content (AvgIpc) is 3.87. The van der Waals surface area contributed by atoms with Crippen molar-refractivity contribution in [1.82, 2.24) is 19.9 Å². The number of hydrogen-bond donors (Lipinski definition) is 0. The summed E-state index contributed by atoms with van der Waals surface area (Å²) in [6.07, 6.45) is 9.88. The predicted molar refractivity (Wildman–Crippen MR) is 252 cm³/mol. The summed E-state index contributed by atoms with van der Waals surface area (Å²) < 4.78 is 0. The van der Waals surface area contributed by atoms with E-state index in [1.807, 2.05) is 229 Å². The molecule has 10 rings (SSSR count). The molecule has 0 saturated carbocycles. The number of benzene rings is 6. The number of rotatable bonds is 8. The van der Waals surface area contributed by atoms with Gasteiger partial charge in [-0.2, -0.15) is 74.0 Å². The van der Waals surface area contributed by atoms with Crippen molar-refractivity contribution in [2.45, 2.75) is 0 Å². The molecule has 2 aromatic heterocycles. The fraction of sp³-hybridized carbons (Fsp3) is 0.0400. The second-order valence-electron chi connectivity index (χ2n) is 13.2. The molecule has 2 aliphatic heterocycles. The van der Waals surface area contributed by atoms with E-state index in [-0.39, 0.29) is 42.1 Å². The summed E-state index contributed by atoms with van der Waals surface area (Å²) >= 11 is 0. The molecule has 0 fully saturated rings. The van der Waals surface area contributed by atoms with E-state index in [0.29, 0.717) is 0 Å². The molecule has 0 saturated heterocycles. The van der Waals surface area contributed by atoms with Crippen LogP contribution in [-0.2, 0) is 42.1 Å². The maximum absolute atomic E-state index is 4.24. The number of anilines is 6. The van der Waals surface area contributed by atoms with Gasteiger partial charge in [0.1, 0.15) is 24.3 Å². The van der Waals surface area contributed by atoms with Crippen molar-refractivity contribution in [3.8, 4) is 0 Å². The smallest absolute Gasteiger partial charge is 0.125 e. The minimum atomic E-state index is 0. The summed E-state index contributed by atoms with van der Waals surface area (Å²) in [4.78, 5) is 33.0. The van der Waals surface area contributed by atoms with Crippen molar-refractivity contribution >= 4 is 69.8 Å². The molecule has 2 aliphatic rings. The van der Waals surface area contributed by atoms with Crippen LogP contribution in [0.4, 0.5) is 57.1 Å². The first kappa shape index (κ1) is 48.0. The van der Waals surface area contributed by atoms with E-state index in [4.69, 9.17) is 0 Å². The van der Waals surface area contributed by atoms with Gasteiger partial charge in [0.05, 0.1) is 23.8 Å². The zero-order valence-electron chi connectivity index (χ0n) is 34.8. The summed E-state index contributed by atoms with van der Waals surface area (Å²) in [5.41, 5.74) is 7.59. The van der Waals surface area contributed by atoms with Gasteiger partial charge < -0.3 is 40.2 Å². The third-order valence-electron chi connectivity index (χ3n) is 8.87. The van der Waals surface area contributed by atoms with Gasteiger partial charge in [-0.05, 0) is 36.8 Å². The van der Waals surface area contributed by atoms with Gasteiger partial charge in [0.25, 0.3) is 0 Å². The summed E-state index contributed by atoms with van der Waals surface area (Å²) in [6.45, 7) is 3.95. The van der Waals surface area contributed by atoms with E-state index in [9.17, 15) is 0 Å². The maximum Gasteiger partial charge on any atom is 0.125 e. The van der Waals surface area contributed by atoms with Crippen LogP contribution in [-0.4, -0.2) is 46.7 Å². The normalized spacial score (nSPS) is 11.9. The quantitative estimate of drug-likeness (QED) is 0.0839. The molecular formula is C50H42N12Pt2-6. The first-order valence-corrected chi connectivity index (χ1v) is 19.6. The SMILES string of the molecule is C(=Nc1ccccc1)[N-]c1ccccc1.C(=Nc1ccccc1)[N-]c1ccccc1.CN1[CH-]N(c2[c-]cccc2)c2cncnc21.CN1[CH-]N(c2[c-]cccc2)c2cncnc21.[Pt].[Pt]. The van der Waals surface area contributed by atoms with Gasteiger partial charge in [-0.1, -0.05) is 134 Å². The summed E-state index contributed by atoms with van der Waals surface area (Å²) in [7, 11) is 3.93. The Morgan fingerprint density at radius 2 is 0.844 bits per heavy atom. The zero-order valence-corrected chi connectivity index (χ0v) is 39.3. The van der Waals surface area contributed by atoms with Crippen LogP contribution in [0.5, 0.6) is 0 Å². The molecule has 4 heterocycles. The van der Waals surface area contributed by atoms with Crippen LogP contribution in [0, 0.1) is 25.5 Å². The number of fused-ring (bicyclic) bond motifs is 2. The molecule has 0 unspecified atom stereocenters. The number of para-hydroxylation sites is 6. The van der Waals surface area contributed by atoms with Crippen LogP contribution in [0.25, 0.3) is 10.6 Å². The van der Waals surface area contributed by atoms with E-state index in [0.717, 1.165) is 57.1 Å². The van der Waals surface area contributed by atoms with Crippen molar-refractivity contribution in [2.24, 2.45) is 9.98 Å².